The third-order valence-corrected chi connectivity index (χ3v) is 6.79. The number of phenols is 1. The van der Waals surface area contributed by atoms with Crippen molar-refractivity contribution in [2.45, 2.75) is 19.4 Å². The number of carbonyl (C=O) groups is 2. The number of imide groups is 1. The van der Waals surface area contributed by atoms with Gasteiger partial charge in [0.25, 0.3) is 5.91 Å². The number of carbonyl (C=O) groups excluding carboxylic acids is 2. The summed E-state index contributed by atoms with van der Waals surface area (Å²) in [5.41, 5.74) is 1.44. The Kier molecular flexibility index (Phi) is 5.41. The van der Waals surface area contributed by atoms with Crippen LogP contribution in [0.4, 0.5) is 10.7 Å². The molecule has 3 amide bonds. The molecule has 0 saturated carbocycles. The monoisotopic (exact) mass is 473 g/mol. The van der Waals surface area contributed by atoms with E-state index >= 15 is 0 Å². The van der Waals surface area contributed by atoms with Crippen molar-refractivity contribution in [1.82, 2.24) is 20.2 Å². The van der Waals surface area contributed by atoms with Crippen molar-refractivity contribution in [1.29, 1.82) is 0 Å². The minimum atomic E-state index is -0.898. The van der Waals surface area contributed by atoms with Crippen LogP contribution in [0.5, 0.6) is 5.75 Å². The Morgan fingerprint density at radius 2 is 1.94 bits per heavy atom. The number of aromatic nitrogens is 2. The summed E-state index contributed by atoms with van der Waals surface area (Å²) in [4.78, 5) is 35.9. The zero-order valence-corrected chi connectivity index (χ0v) is 19.5. The molecule has 0 aliphatic carbocycles. The zero-order valence-electron chi connectivity index (χ0n) is 18.7. The van der Waals surface area contributed by atoms with Gasteiger partial charge in [0.1, 0.15) is 11.3 Å². The van der Waals surface area contributed by atoms with E-state index in [4.69, 9.17) is 4.98 Å². The number of aromatic hydroxyl groups is 1. The van der Waals surface area contributed by atoms with E-state index in [0.29, 0.717) is 12.5 Å². The molecule has 3 N–H and O–H groups in total. The molecule has 2 aromatic heterocycles. The van der Waals surface area contributed by atoms with Crippen LogP contribution >= 0.6 is 11.3 Å². The van der Waals surface area contributed by atoms with Gasteiger partial charge in [-0.15, -0.1) is 11.3 Å². The molecule has 1 aliphatic rings. The normalized spacial score (nSPS) is 15.1. The summed E-state index contributed by atoms with van der Waals surface area (Å²) in [5, 5.41) is 16.9. The quantitative estimate of drug-likeness (QED) is 0.357. The van der Waals surface area contributed by atoms with Gasteiger partial charge in [0.05, 0.1) is 10.6 Å². The lowest BCUT2D eigenvalue weighted by atomic mass is 10.0. The second-order valence-corrected chi connectivity index (χ2v) is 9.68. The van der Waals surface area contributed by atoms with E-state index in [9.17, 15) is 14.7 Å². The first-order valence-corrected chi connectivity index (χ1v) is 11.7. The molecule has 1 aliphatic heterocycles. The van der Waals surface area contributed by atoms with Gasteiger partial charge >= 0.3 is 6.03 Å². The minimum absolute atomic E-state index is 0.165. The van der Waals surface area contributed by atoms with E-state index in [1.165, 1.54) is 4.90 Å². The molecule has 0 unspecified atom stereocenters. The third-order valence-electron chi connectivity index (χ3n) is 5.67. The number of urea groups is 1. The van der Waals surface area contributed by atoms with Crippen molar-refractivity contribution in [3.05, 3.63) is 60.8 Å². The topological polar surface area (TPSA) is 107 Å². The van der Waals surface area contributed by atoms with Crippen molar-refractivity contribution in [2.75, 3.05) is 18.4 Å². The van der Waals surface area contributed by atoms with Crippen molar-refractivity contribution in [3.8, 4) is 27.4 Å². The lowest BCUT2D eigenvalue weighted by Crippen LogP contribution is -2.40. The van der Waals surface area contributed by atoms with Crippen LogP contribution in [0.25, 0.3) is 31.8 Å². The van der Waals surface area contributed by atoms with Crippen LogP contribution in [0.1, 0.15) is 13.8 Å². The maximum absolute atomic E-state index is 12.4. The summed E-state index contributed by atoms with van der Waals surface area (Å²) >= 11 is 1.63. The molecule has 0 bridgehead atoms. The highest BCUT2D eigenvalue weighted by Gasteiger charge is 2.43. The average molecular weight is 474 g/mol. The van der Waals surface area contributed by atoms with Crippen LogP contribution in [-0.2, 0) is 4.79 Å². The highest BCUT2D eigenvalue weighted by Crippen LogP contribution is 2.38. The number of fused-ring (bicyclic) bond motifs is 1. The number of thiophene rings is 1. The van der Waals surface area contributed by atoms with Crippen molar-refractivity contribution >= 4 is 39.3 Å². The van der Waals surface area contributed by atoms with E-state index in [-0.39, 0.29) is 18.2 Å². The minimum Gasteiger partial charge on any atom is -0.508 e. The first kappa shape index (κ1) is 21.8. The Labute approximate surface area is 200 Å². The standard InChI is InChI=1S/C25H23N5O3S/c1-25(2)22(32)30(24(33)29-25)11-10-26-23-27-14-18(15-7-5-8-17(31)12-15)21(28-23)20-13-16-6-3-4-9-19(16)34-20/h3-9,12-14,31H,10-11H2,1-2H3,(H,29,33)(H,26,27,28). The van der Waals surface area contributed by atoms with Gasteiger partial charge in [-0.25, -0.2) is 14.8 Å². The summed E-state index contributed by atoms with van der Waals surface area (Å²) in [5.74, 6) is 0.298. The number of hydrogen-bond acceptors (Lipinski definition) is 7. The van der Waals surface area contributed by atoms with Gasteiger partial charge in [-0.1, -0.05) is 30.3 Å². The van der Waals surface area contributed by atoms with Gasteiger partial charge in [-0.3, -0.25) is 9.69 Å². The van der Waals surface area contributed by atoms with Crippen LogP contribution < -0.4 is 10.6 Å². The Morgan fingerprint density at radius 3 is 2.68 bits per heavy atom. The van der Waals surface area contributed by atoms with Gasteiger partial charge in [-0.2, -0.15) is 0 Å². The third kappa shape index (κ3) is 4.06. The van der Waals surface area contributed by atoms with Gasteiger partial charge in [0.2, 0.25) is 5.95 Å². The van der Waals surface area contributed by atoms with Gasteiger partial charge in [-0.05, 0) is 49.1 Å². The van der Waals surface area contributed by atoms with E-state index in [1.807, 2.05) is 18.2 Å². The SMILES string of the molecule is CC1(C)NC(=O)N(CCNc2ncc(-c3cccc(O)c3)c(-c3cc4ccccc4s3)n2)C1=O. The summed E-state index contributed by atoms with van der Waals surface area (Å²) < 4.78 is 1.15. The van der Waals surface area contributed by atoms with E-state index in [1.54, 1.807) is 49.6 Å². The molecule has 4 aromatic rings. The molecular weight excluding hydrogens is 450 g/mol. The zero-order chi connectivity index (χ0) is 23.9. The Balaban J connectivity index is 1.45. The summed E-state index contributed by atoms with van der Waals surface area (Å²) in [7, 11) is 0. The van der Waals surface area contributed by atoms with Crippen molar-refractivity contribution < 1.29 is 14.7 Å². The van der Waals surface area contributed by atoms with E-state index in [2.05, 4.69) is 33.8 Å². The molecule has 1 fully saturated rings. The second kappa shape index (κ2) is 8.42. The van der Waals surface area contributed by atoms with Crippen molar-refractivity contribution in [3.63, 3.8) is 0 Å². The van der Waals surface area contributed by atoms with Crippen LogP contribution in [0.15, 0.2) is 60.8 Å². The molecule has 5 rings (SSSR count). The predicted octanol–water partition coefficient (Wildman–Crippen LogP) is 4.47. The lowest BCUT2D eigenvalue weighted by Gasteiger charge is -2.16. The van der Waals surface area contributed by atoms with E-state index in [0.717, 1.165) is 31.8 Å². The molecule has 1 saturated heterocycles. The van der Waals surface area contributed by atoms with Crippen LogP contribution in [0.2, 0.25) is 0 Å². The first-order valence-electron chi connectivity index (χ1n) is 10.9. The molecule has 2 aromatic carbocycles. The maximum Gasteiger partial charge on any atom is 0.325 e. The molecule has 3 heterocycles. The fourth-order valence-corrected chi connectivity index (χ4v) is 5.01. The molecule has 0 spiro atoms. The van der Waals surface area contributed by atoms with Gasteiger partial charge in [0.15, 0.2) is 0 Å². The Morgan fingerprint density at radius 1 is 1.12 bits per heavy atom. The number of benzene rings is 2. The smallest absolute Gasteiger partial charge is 0.325 e. The molecule has 172 valence electrons. The molecule has 9 heteroatoms. The maximum atomic E-state index is 12.4. The van der Waals surface area contributed by atoms with Crippen LogP contribution in [-0.4, -0.2) is 50.5 Å². The molecule has 34 heavy (non-hydrogen) atoms. The average Bonchev–Trinajstić information content (AvgIpc) is 3.32. The fourth-order valence-electron chi connectivity index (χ4n) is 3.94. The molecular formula is C25H23N5O3S. The summed E-state index contributed by atoms with van der Waals surface area (Å²) in [6.45, 7) is 3.87. The summed E-state index contributed by atoms with van der Waals surface area (Å²) in [6, 6.07) is 16.8. The Hall–Kier alpha value is -3.98. The number of amides is 3. The van der Waals surface area contributed by atoms with E-state index < -0.39 is 11.6 Å². The second-order valence-electron chi connectivity index (χ2n) is 8.59. The molecule has 8 nitrogen and oxygen atoms in total. The number of anilines is 1. The molecule has 0 atom stereocenters. The number of phenolic OH excluding ortho intramolecular Hbond substituents is 1. The number of hydrogen-bond donors (Lipinski definition) is 3. The largest absolute Gasteiger partial charge is 0.508 e. The molecule has 0 radical (unpaired) electrons. The number of rotatable bonds is 6. The Bertz CT molecular complexity index is 1380. The highest BCUT2D eigenvalue weighted by molar-refractivity contribution is 7.22. The van der Waals surface area contributed by atoms with Crippen molar-refractivity contribution in [2.24, 2.45) is 0 Å². The number of nitrogens with one attached hydrogen (secondary N) is 2. The fraction of sp³-hybridized carbons (Fsp3) is 0.200. The highest BCUT2D eigenvalue weighted by atomic mass is 32.1. The number of nitrogens with zero attached hydrogens (tertiary/aromatic N) is 3. The van der Waals surface area contributed by atoms with Gasteiger partial charge < -0.3 is 15.7 Å². The predicted molar refractivity (Wildman–Crippen MR) is 133 cm³/mol. The van der Waals surface area contributed by atoms with Gasteiger partial charge in [0, 0.05) is 29.5 Å². The lowest BCUT2D eigenvalue weighted by molar-refractivity contribution is -0.130. The summed E-state index contributed by atoms with van der Waals surface area (Å²) in [6.07, 6.45) is 1.72. The van der Waals surface area contributed by atoms with Crippen LogP contribution in [0.3, 0.4) is 0 Å². The first-order chi connectivity index (χ1) is 16.3. The van der Waals surface area contributed by atoms with Crippen LogP contribution in [0, 0.1) is 0 Å².